The summed E-state index contributed by atoms with van der Waals surface area (Å²) >= 11 is 0. The van der Waals surface area contributed by atoms with Gasteiger partial charge in [0.1, 0.15) is 0 Å². The second-order valence-corrected chi connectivity index (χ2v) is 4.24. The van der Waals surface area contributed by atoms with E-state index in [9.17, 15) is 4.79 Å². The van der Waals surface area contributed by atoms with Crippen LogP contribution in [0, 0.1) is 5.92 Å². The molecule has 2 aliphatic rings. The minimum absolute atomic E-state index is 0.325. The Morgan fingerprint density at radius 3 is 3.00 bits per heavy atom. The van der Waals surface area contributed by atoms with E-state index in [1.165, 1.54) is 5.56 Å². The van der Waals surface area contributed by atoms with Crippen LogP contribution in [0.5, 0.6) is 0 Å². The Morgan fingerprint density at radius 2 is 2.07 bits per heavy atom. The Bertz CT molecular complexity index is 386. The highest BCUT2D eigenvalue weighted by Gasteiger charge is 2.36. The Labute approximate surface area is 83.3 Å². The fraction of sp³-hybridized carbons (Fsp3) is 0.417. The van der Waals surface area contributed by atoms with Gasteiger partial charge in [-0.3, -0.25) is 4.79 Å². The highest BCUT2D eigenvalue weighted by molar-refractivity contribution is 5.99. The molecule has 0 radical (unpaired) electrons. The lowest BCUT2D eigenvalue weighted by Gasteiger charge is -2.26. The molecule has 1 aliphatic heterocycles. The van der Waals surface area contributed by atoms with Crippen molar-refractivity contribution in [3.63, 3.8) is 0 Å². The predicted octanol–water partition coefficient (Wildman–Crippen LogP) is 1.58. The Morgan fingerprint density at radius 1 is 1.21 bits per heavy atom. The highest BCUT2D eigenvalue weighted by Crippen LogP contribution is 2.37. The van der Waals surface area contributed by atoms with Crippen LogP contribution in [0.3, 0.4) is 0 Å². The normalized spacial score (nSPS) is 29.9. The Hall–Kier alpha value is -1.15. The maximum atomic E-state index is 11.8. The molecule has 1 heterocycles. The molecule has 2 atom stereocenters. The number of ketones is 1. The minimum Gasteiger partial charge on any atom is -0.316 e. The maximum absolute atomic E-state index is 11.8. The number of benzene rings is 1. The lowest BCUT2D eigenvalue weighted by molar-refractivity contribution is 0.0948. The van der Waals surface area contributed by atoms with Crippen molar-refractivity contribution in [2.24, 2.45) is 5.92 Å². The molecule has 2 nitrogen and oxygen atoms in total. The van der Waals surface area contributed by atoms with Crippen LogP contribution in [0.1, 0.15) is 28.3 Å². The number of fused-ring (bicyclic) bond motifs is 3. The summed E-state index contributed by atoms with van der Waals surface area (Å²) < 4.78 is 0. The number of rotatable bonds is 0. The van der Waals surface area contributed by atoms with Crippen molar-refractivity contribution in [3.05, 3.63) is 35.4 Å². The van der Waals surface area contributed by atoms with E-state index in [0.29, 0.717) is 17.6 Å². The summed E-state index contributed by atoms with van der Waals surface area (Å²) in [7, 11) is 0. The molecule has 1 N–H and O–H groups in total. The van der Waals surface area contributed by atoms with Gasteiger partial charge < -0.3 is 5.32 Å². The molecule has 0 saturated carbocycles. The molecule has 14 heavy (non-hydrogen) atoms. The number of hydrogen-bond donors (Lipinski definition) is 1. The fourth-order valence-electron chi connectivity index (χ4n) is 2.73. The van der Waals surface area contributed by atoms with Crippen LogP contribution < -0.4 is 5.32 Å². The van der Waals surface area contributed by atoms with Crippen LogP contribution in [0.4, 0.5) is 0 Å². The van der Waals surface area contributed by atoms with E-state index in [1.54, 1.807) is 0 Å². The summed E-state index contributed by atoms with van der Waals surface area (Å²) in [5.74, 6) is 1.44. The fourth-order valence-corrected chi connectivity index (χ4v) is 2.73. The van der Waals surface area contributed by atoms with Crippen molar-refractivity contribution in [1.82, 2.24) is 5.32 Å². The number of hydrogen-bond acceptors (Lipinski definition) is 2. The van der Waals surface area contributed by atoms with Gasteiger partial charge in [0, 0.05) is 24.4 Å². The third kappa shape index (κ3) is 1.04. The highest BCUT2D eigenvalue weighted by atomic mass is 16.1. The van der Waals surface area contributed by atoms with Crippen molar-refractivity contribution in [1.29, 1.82) is 0 Å². The first-order valence-corrected chi connectivity index (χ1v) is 5.19. The van der Waals surface area contributed by atoms with Crippen LogP contribution >= 0.6 is 0 Å². The second-order valence-electron chi connectivity index (χ2n) is 4.24. The molecule has 3 rings (SSSR count). The summed E-state index contributed by atoms with van der Waals surface area (Å²) in [4.78, 5) is 11.8. The maximum Gasteiger partial charge on any atom is 0.163 e. The minimum atomic E-state index is 0.325. The van der Waals surface area contributed by atoms with Gasteiger partial charge in [0.15, 0.2) is 5.78 Å². The zero-order valence-corrected chi connectivity index (χ0v) is 7.99. The van der Waals surface area contributed by atoms with Gasteiger partial charge in [0.05, 0.1) is 0 Å². The van der Waals surface area contributed by atoms with Crippen LogP contribution in [-0.4, -0.2) is 18.9 Å². The van der Waals surface area contributed by atoms with Gasteiger partial charge in [-0.25, -0.2) is 0 Å². The second kappa shape index (κ2) is 2.92. The van der Waals surface area contributed by atoms with Crippen molar-refractivity contribution in [2.75, 3.05) is 13.1 Å². The molecule has 1 saturated heterocycles. The molecular weight excluding hydrogens is 174 g/mol. The number of Topliss-reactive ketones (excluding diaryl/α,β-unsaturated/α-hetero) is 1. The van der Waals surface area contributed by atoms with Gasteiger partial charge in [0.2, 0.25) is 0 Å². The van der Waals surface area contributed by atoms with E-state index in [-0.39, 0.29) is 0 Å². The number of carbonyl (C=O) groups is 1. The molecule has 2 heteroatoms. The molecule has 1 aromatic rings. The molecule has 1 aliphatic carbocycles. The average Bonchev–Trinajstić information content (AvgIpc) is 2.66. The van der Waals surface area contributed by atoms with Crippen LogP contribution in [-0.2, 0) is 0 Å². The first-order valence-electron chi connectivity index (χ1n) is 5.19. The van der Waals surface area contributed by atoms with Crippen molar-refractivity contribution in [2.45, 2.75) is 12.3 Å². The smallest absolute Gasteiger partial charge is 0.163 e. The molecule has 0 spiro atoms. The largest absolute Gasteiger partial charge is 0.316 e. The van der Waals surface area contributed by atoms with Gasteiger partial charge in [0.25, 0.3) is 0 Å². The van der Waals surface area contributed by atoms with Crippen LogP contribution in [0.25, 0.3) is 0 Å². The third-order valence-electron chi connectivity index (χ3n) is 3.45. The van der Waals surface area contributed by atoms with Gasteiger partial charge in [-0.05, 0) is 18.0 Å². The molecule has 0 amide bonds. The Kier molecular flexibility index (Phi) is 1.71. The summed E-state index contributed by atoms with van der Waals surface area (Å²) in [6, 6.07) is 8.07. The SMILES string of the molecule is O=C1CC2CNCC2c2ccccc21. The molecule has 72 valence electrons. The topological polar surface area (TPSA) is 29.1 Å². The van der Waals surface area contributed by atoms with E-state index in [1.807, 2.05) is 18.2 Å². The average molecular weight is 187 g/mol. The first kappa shape index (κ1) is 8.18. The third-order valence-corrected chi connectivity index (χ3v) is 3.45. The number of carbonyl (C=O) groups excluding carboxylic acids is 1. The van der Waals surface area contributed by atoms with Gasteiger partial charge in [-0.2, -0.15) is 0 Å². The lowest BCUT2D eigenvalue weighted by atomic mass is 9.76. The summed E-state index contributed by atoms with van der Waals surface area (Å²) in [6.07, 6.45) is 0.731. The quantitative estimate of drug-likeness (QED) is 0.668. The standard InChI is InChI=1S/C12H13NO/c14-12-5-8-6-13-7-11(8)9-3-1-2-4-10(9)12/h1-4,8,11,13H,5-7H2. The molecular formula is C12H13NO. The van der Waals surface area contributed by atoms with E-state index in [2.05, 4.69) is 11.4 Å². The molecule has 1 fully saturated rings. The zero-order chi connectivity index (χ0) is 9.54. The van der Waals surface area contributed by atoms with E-state index < -0.39 is 0 Å². The van der Waals surface area contributed by atoms with Gasteiger partial charge in [-0.15, -0.1) is 0 Å². The molecule has 2 unspecified atom stereocenters. The summed E-state index contributed by atoms with van der Waals surface area (Å²) in [5.41, 5.74) is 2.22. The molecule has 0 bridgehead atoms. The zero-order valence-electron chi connectivity index (χ0n) is 7.99. The molecule has 0 aromatic heterocycles. The first-order chi connectivity index (χ1) is 6.86. The van der Waals surface area contributed by atoms with Crippen LogP contribution in [0.15, 0.2) is 24.3 Å². The van der Waals surface area contributed by atoms with Crippen LogP contribution in [0.2, 0.25) is 0 Å². The summed E-state index contributed by atoms with van der Waals surface area (Å²) in [5, 5.41) is 3.37. The van der Waals surface area contributed by atoms with Crippen molar-refractivity contribution >= 4 is 5.78 Å². The lowest BCUT2D eigenvalue weighted by Crippen LogP contribution is -2.23. The monoisotopic (exact) mass is 187 g/mol. The summed E-state index contributed by atoms with van der Waals surface area (Å²) in [6.45, 7) is 2.04. The van der Waals surface area contributed by atoms with E-state index in [4.69, 9.17) is 0 Å². The Balaban J connectivity index is 2.13. The van der Waals surface area contributed by atoms with E-state index >= 15 is 0 Å². The van der Waals surface area contributed by atoms with Gasteiger partial charge in [-0.1, -0.05) is 24.3 Å². The predicted molar refractivity (Wildman–Crippen MR) is 54.5 cm³/mol. The van der Waals surface area contributed by atoms with Gasteiger partial charge >= 0.3 is 0 Å². The van der Waals surface area contributed by atoms with Crippen molar-refractivity contribution in [3.8, 4) is 0 Å². The number of nitrogens with one attached hydrogen (secondary N) is 1. The molecule has 1 aromatic carbocycles. The van der Waals surface area contributed by atoms with E-state index in [0.717, 1.165) is 25.1 Å². The van der Waals surface area contributed by atoms with Crippen molar-refractivity contribution < 1.29 is 4.79 Å².